The van der Waals surface area contributed by atoms with E-state index >= 15 is 0 Å². The van der Waals surface area contributed by atoms with Crippen LogP contribution in [0.25, 0.3) is 10.9 Å². The first-order valence-corrected chi connectivity index (χ1v) is 9.91. The quantitative estimate of drug-likeness (QED) is 0.292. The Morgan fingerprint density at radius 1 is 1.16 bits per heavy atom. The van der Waals surface area contributed by atoms with Crippen LogP contribution >= 0.6 is 23.1 Å². The fourth-order valence-corrected chi connectivity index (χ4v) is 4.54. The number of halogens is 6. The number of phenolic OH excluding ortho intramolecular Hbond substituents is 1. The first-order chi connectivity index (χ1) is 14.2. The number of nitrogens with zero attached hydrogens (tertiary/aromatic N) is 1. The molecule has 0 radical (unpaired) electrons. The van der Waals surface area contributed by atoms with Gasteiger partial charge in [0.1, 0.15) is 0 Å². The number of phenols is 1. The molecule has 0 amide bonds. The number of hydrogen-bond donors (Lipinski definition) is 1. The van der Waals surface area contributed by atoms with Crippen molar-refractivity contribution >= 4 is 45.9 Å². The molecule has 1 aromatic carbocycles. The summed E-state index contributed by atoms with van der Waals surface area (Å²) in [6.45, 7) is 2.43. The molecule has 3 rings (SSSR count). The Labute approximate surface area is 178 Å². The zero-order chi connectivity index (χ0) is 23.3. The minimum absolute atomic E-state index is 0.0217. The molecule has 1 N–H and O–H groups in total. The molecule has 0 fully saturated rings. The van der Waals surface area contributed by atoms with Gasteiger partial charge in [0.05, 0.1) is 21.0 Å². The minimum Gasteiger partial charge on any atom is -0.505 e. The summed E-state index contributed by atoms with van der Waals surface area (Å²) in [6, 6.07) is 2.60. The summed E-state index contributed by atoms with van der Waals surface area (Å²) in [6.07, 6.45) is -5.78. The van der Waals surface area contributed by atoms with Crippen molar-refractivity contribution in [3.05, 3.63) is 40.7 Å². The first-order valence-electron chi connectivity index (χ1n) is 8.21. The van der Waals surface area contributed by atoms with E-state index in [-0.39, 0.29) is 27.9 Å². The molecule has 166 valence electrons. The molecule has 0 unspecified atom stereocenters. The Hall–Kier alpha value is -2.67. The molecule has 2 heterocycles. The number of aromatic hydroxyl groups is 1. The third-order valence-corrected chi connectivity index (χ3v) is 6.11. The third kappa shape index (κ3) is 4.24. The van der Waals surface area contributed by atoms with Crippen LogP contribution in [-0.2, 0) is 4.79 Å². The lowest BCUT2D eigenvalue weighted by molar-refractivity contribution is -0.237. The number of aromatic nitrogens is 1. The lowest BCUT2D eigenvalue weighted by Crippen LogP contribution is -2.32. The number of hydrogen-bond acceptors (Lipinski definition) is 6. The lowest BCUT2D eigenvalue weighted by Gasteiger charge is -2.17. The van der Waals surface area contributed by atoms with Crippen LogP contribution in [0.5, 0.6) is 11.5 Å². The molecule has 3 aromatic rings. The zero-order valence-corrected chi connectivity index (χ0v) is 17.1. The van der Waals surface area contributed by atoms with Gasteiger partial charge in [-0.05, 0) is 30.8 Å². The largest absolute Gasteiger partial charge is 0.505 e. The Morgan fingerprint density at radius 2 is 1.81 bits per heavy atom. The molecule has 0 saturated carbocycles. The first kappa shape index (κ1) is 23.0. The Balaban J connectivity index is 2.08. The summed E-state index contributed by atoms with van der Waals surface area (Å²) in [5.41, 5.74) is -0.315. The molecule has 31 heavy (non-hydrogen) atoms. The van der Waals surface area contributed by atoms with Gasteiger partial charge in [-0.15, -0.1) is 11.3 Å². The van der Waals surface area contributed by atoms with Gasteiger partial charge in [-0.1, -0.05) is 0 Å². The van der Waals surface area contributed by atoms with Crippen LogP contribution in [-0.4, -0.2) is 33.0 Å². The van der Waals surface area contributed by atoms with E-state index in [2.05, 4.69) is 0 Å². The summed E-state index contributed by atoms with van der Waals surface area (Å²) < 4.78 is 83.2. The number of fused-ring (bicyclic) bond motifs is 1. The molecule has 0 atom stereocenters. The molecular formula is C18H11F6NO4S2. The van der Waals surface area contributed by atoms with E-state index in [1.165, 1.54) is 6.92 Å². The van der Waals surface area contributed by atoms with E-state index in [4.69, 9.17) is 4.74 Å². The van der Waals surface area contributed by atoms with Gasteiger partial charge in [0.15, 0.2) is 17.3 Å². The molecule has 0 aliphatic heterocycles. The summed E-state index contributed by atoms with van der Waals surface area (Å²) in [5, 5.41) is 5.67. The van der Waals surface area contributed by atoms with Gasteiger partial charge in [-0.3, -0.25) is 14.2 Å². The standard InChI is InChI=1S/C18H11F6NO4S2/c1-7-15(29-8(2)26)10-4-13(27)11(19)5-12(10)25(7)16(28)9-3-14(30-6-9)31-18(23,24)17(20,21)22/h3-6,27H,1-2H3. The second-order valence-corrected chi connectivity index (χ2v) is 8.57. The van der Waals surface area contributed by atoms with Gasteiger partial charge in [-0.2, -0.15) is 22.0 Å². The highest BCUT2D eigenvalue weighted by Gasteiger charge is 2.58. The lowest BCUT2D eigenvalue weighted by atomic mass is 10.2. The van der Waals surface area contributed by atoms with E-state index in [0.717, 1.165) is 35.1 Å². The second kappa shape index (κ2) is 7.79. The van der Waals surface area contributed by atoms with Crippen molar-refractivity contribution in [2.45, 2.75) is 29.5 Å². The Bertz CT molecular complexity index is 1200. The average molecular weight is 483 g/mol. The molecule has 13 heteroatoms. The van der Waals surface area contributed by atoms with Crippen molar-refractivity contribution in [2.75, 3.05) is 0 Å². The van der Waals surface area contributed by atoms with E-state index in [1.807, 2.05) is 0 Å². The van der Waals surface area contributed by atoms with Crippen LogP contribution in [0, 0.1) is 12.7 Å². The Morgan fingerprint density at radius 3 is 2.39 bits per heavy atom. The predicted molar refractivity (Wildman–Crippen MR) is 101 cm³/mol. The molecule has 0 aliphatic rings. The molecule has 0 saturated heterocycles. The molecule has 0 bridgehead atoms. The second-order valence-electron chi connectivity index (χ2n) is 6.24. The van der Waals surface area contributed by atoms with E-state index in [9.17, 15) is 41.0 Å². The van der Waals surface area contributed by atoms with Crippen LogP contribution in [0.3, 0.4) is 0 Å². The fraction of sp³-hybridized carbons (Fsp3) is 0.222. The van der Waals surface area contributed by atoms with Crippen molar-refractivity contribution in [3.63, 3.8) is 0 Å². The zero-order valence-electron chi connectivity index (χ0n) is 15.5. The fourth-order valence-electron chi connectivity index (χ4n) is 2.73. The van der Waals surface area contributed by atoms with Gasteiger partial charge in [0, 0.05) is 23.8 Å². The average Bonchev–Trinajstić information content (AvgIpc) is 3.18. The number of esters is 1. The van der Waals surface area contributed by atoms with Crippen LogP contribution in [0.1, 0.15) is 23.0 Å². The van der Waals surface area contributed by atoms with Gasteiger partial charge < -0.3 is 9.84 Å². The van der Waals surface area contributed by atoms with Crippen molar-refractivity contribution in [2.24, 2.45) is 0 Å². The summed E-state index contributed by atoms with van der Waals surface area (Å²) in [5.74, 6) is -3.64. The molecule has 2 aromatic heterocycles. The number of alkyl halides is 5. The van der Waals surface area contributed by atoms with E-state index in [1.54, 1.807) is 0 Å². The van der Waals surface area contributed by atoms with Crippen LogP contribution in [0.4, 0.5) is 26.3 Å². The molecule has 0 spiro atoms. The smallest absolute Gasteiger partial charge is 0.464 e. The number of carbonyl (C=O) groups is 2. The molecule has 0 aliphatic carbocycles. The third-order valence-electron chi connectivity index (χ3n) is 4.04. The highest BCUT2D eigenvalue weighted by Crippen LogP contribution is 2.49. The van der Waals surface area contributed by atoms with Crippen molar-refractivity contribution < 1.29 is 45.8 Å². The number of rotatable bonds is 4. The predicted octanol–water partition coefficient (Wildman–Crippen LogP) is 5.72. The van der Waals surface area contributed by atoms with E-state index in [0.29, 0.717) is 11.3 Å². The van der Waals surface area contributed by atoms with E-state index < -0.39 is 50.8 Å². The maximum atomic E-state index is 13.9. The highest BCUT2D eigenvalue weighted by molar-refractivity contribution is 8.02. The van der Waals surface area contributed by atoms with Crippen LogP contribution in [0.15, 0.2) is 27.8 Å². The van der Waals surface area contributed by atoms with Gasteiger partial charge >= 0.3 is 17.4 Å². The molecule has 5 nitrogen and oxygen atoms in total. The molecular weight excluding hydrogens is 472 g/mol. The van der Waals surface area contributed by atoms with Gasteiger partial charge in [0.2, 0.25) is 0 Å². The topological polar surface area (TPSA) is 68.5 Å². The van der Waals surface area contributed by atoms with Crippen LogP contribution in [0.2, 0.25) is 0 Å². The Kier molecular flexibility index (Phi) is 5.78. The summed E-state index contributed by atoms with van der Waals surface area (Å²) in [4.78, 5) is 24.4. The van der Waals surface area contributed by atoms with Gasteiger partial charge in [0.25, 0.3) is 5.91 Å². The maximum Gasteiger partial charge on any atom is 0.464 e. The number of thioether (sulfide) groups is 1. The van der Waals surface area contributed by atoms with Crippen molar-refractivity contribution in [3.8, 4) is 11.5 Å². The van der Waals surface area contributed by atoms with Crippen LogP contribution < -0.4 is 4.74 Å². The highest BCUT2D eigenvalue weighted by atomic mass is 32.2. The SMILES string of the molecule is CC(=O)Oc1c(C)n(C(=O)c2csc(SC(F)(F)C(F)(F)F)c2)c2cc(F)c(O)cc12. The minimum atomic E-state index is -5.78. The van der Waals surface area contributed by atoms with Gasteiger partial charge in [-0.25, -0.2) is 4.39 Å². The number of thiophene rings is 1. The number of ether oxygens (including phenoxy) is 1. The van der Waals surface area contributed by atoms with Crippen molar-refractivity contribution in [1.29, 1.82) is 0 Å². The van der Waals surface area contributed by atoms with Crippen molar-refractivity contribution in [1.82, 2.24) is 4.57 Å². The maximum absolute atomic E-state index is 13.9. The monoisotopic (exact) mass is 483 g/mol. The number of benzene rings is 1. The summed E-state index contributed by atoms with van der Waals surface area (Å²) in [7, 11) is 0. The summed E-state index contributed by atoms with van der Waals surface area (Å²) >= 11 is -0.252. The normalized spacial score (nSPS) is 12.4. The number of carbonyl (C=O) groups excluding carboxylic acids is 2.